The summed E-state index contributed by atoms with van der Waals surface area (Å²) in [5.74, 6) is 0.355. The summed E-state index contributed by atoms with van der Waals surface area (Å²) >= 11 is 5.77. The van der Waals surface area contributed by atoms with Crippen molar-refractivity contribution in [1.82, 2.24) is 0 Å². The van der Waals surface area contributed by atoms with E-state index < -0.39 is 5.38 Å². The van der Waals surface area contributed by atoms with Crippen molar-refractivity contribution in [3.05, 3.63) is 29.6 Å². The maximum Gasteiger partial charge on any atom is 0.141 e. The minimum Gasteiger partial charge on any atom is -0.488 e. The second-order valence-corrected chi connectivity index (χ2v) is 4.03. The Labute approximate surface area is 92.0 Å². The van der Waals surface area contributed by atoms with E-state index in [1.807, 2.05) is 0 Å². The van der Waals surface area contributed by atoms with Crippen LogP contribution < -0.4 is 4.74 Å². The van der Waals surface area contributed by atoms with Crippen molar-refractivity contribution in [2.24, 2.45) is 0 Å². The van der Waals surface area contributed by atoms with Crippen LogP contribution in [0.15, 0.2) is 18.2 Å². The van der Waals surface area contributed by atoms with Gasteiger partial charge in [0.2, 0.25) is 0 Å². The molecule has 0 aromatic heterocycles. The molecule has 1 aromatic carbocycles. The number of halogens is 2. The number of hydrogen-bond acceptors (Lipinski definition) is 2. The predicted octanol–water partition coefficient (Wildman–Crippen LogP) is 2.33. The molecule has 1 aromatic rings. The summed E-state index contributed by atoms with van der Waals surface area (Å²) in [6.07, 6.45) is 1.70. The number of benzene rings is 1. The van der Waals surface area contributed by atoms with Gasteiger partial charge in [0, 0.05) is 0 Å². The van der Waals surface area contributed by atoms with Gasteiger partial charge in [0.05, 0.1) is 0 Å². The first-order valence-electron chi connectivity index (χ1n) is 4.75. The lowest BCUT2D eigenvalue weighted by molar-refractivity contribution is -0.109. The largest absolute Gasteiger partial charge is 0.488 e. The highest BCUT2D eigenvalue weighted by Gasteiger charge is 2.26. The van der Waals surface area contributed by atoms with Crippen LogP contribution in [0.25, 0.3) is 0 Å². The molecule has 0 spiro atoms. The highest BCUT2D eigenvalue weighted by atomic mass is 35.5. The minimum atomic E-state index is -0.636. The van der Waals surface area contributed by atoms with Crippen molar-refractivity contribution < 1.29 is 13.9 Å². The molecule has 0 aliphatic carbocycles. The van der Waals surface area contributed by atoms with E-state index in [4.69, 9.17) is 16.3 Å². The number of aryl methyl sites for hydroxylation is 1. The molecule has 0 bridgehead atoms. The maximum atomic E-state index is 12.9. The molecule has 0 amide bonds. The van der Waals surface area contributed by atoms with E-state index in [0.717, 1.165) is 5.56 Å². The highest BCUT2D eigenvalue weighted by Crippen LogP contribution is 2.29. The summed E-state index contributed by atoms with van der Waals surface area (Å²) < 4.78 is 18.4. The van der Waals surface area contributed by atoms with Crippen molar-refractivity contribution in [1.29, 1.82) is 0 Å². The summed E-state index contributed by atoms with van der Waals surface area (Å²) in [7, 11) is 0. The quantitative estimate of drug-likeness (QED) is 0.574. The number of ether oxygens (including phenoxy) is 1. The van der Waals surface area contributed by atoms with Crippen molar-refractivity contribution in [3.8, 4) is 5.75 Å². The molecule has 1 aliphatic heterocycles. The standard InChI is InChI=1S/C11H10ClFO2/c12-9(6-14)11-3-1-7-5-8(13)2-4-10(7)15-11/h2,4-6,9,11H,1,3H2/t9-,11?/m1/s1. The van der Waals surface area contributed by atoms with Gasteiger partial charge in [-0.15, -0.1) is 11.6 Å². The van der Waals surface area contributed by atoms with Crippen molar-refractivity contribution >= 4 is 17.9 Å². The normalized spacial score (nSPS) is 21.3. The summed E-state index contributed by atoms with van der Waals surface area (Å²) in [5, 5.41) is -0.636. The van der Waals surface area contributed by atoms with Crippen LogP contribution in [0.2, 0.25) is 0 Å². The number of fused-ring (bicyclic) bond motifs is 1. The second kappa shape index (κ2) is 4.19. The first-order chi connectivity index (χ1) is 7.20. The van der Waals surface area contributed by atoms with Gasteiger partial charge < -0.3 is 9.53 Å². The van der Waals surface area contributed by atoms with Gasteiger partial charge in [-0.2, -0.15) is 0 Å². The average molecular weight is 229 g/mol. The molecule has 0 radical (unpaired) electrons. The SMILES string of the molecule is O=C[C@@H](Cl)C1CCc2cc(F)ccc2O1. The molecule has 2 rings (SSSR count). The molecule has 0 saturated carbocycles. The number of carbonyl (C=O) groups is 1. The maximum absolute atomic E-state index is 12.9. The second-order valence-electron chi connectivity index (χ2n) is 3.53. The van der Waals surface area contributed by atoms with Crippen LogP contribution in [0, 0.1) is 5.82 Å². The fraction of sp³-hybridized carbons (Fsp3) is 0.364. The smallest absolute Gasteiger partial charge is 0.141 e. The fourth-order valence-corrected chi connectivity index (χ4v) is 1.87. The van der Waals surface area contributed by atoms with E-state index in [0.29, 0.717) is 24.9 Å². The van der Waals surface area contributed by atoms with Gasteiger partial charge in [0.1, 0.15) is 29.3 Å². The number of alkyl halides is 1. The third-order valence-corrected chi connectivity index (χ3v) is 2.87. The average Bonchev–Trinajstić information content (AvgIpc) is 2.27. The molecule has 0 fully saturated rings. The predicted molar refractivity (Wildman–Crippen MR) is 54.8 cm³/mol. The lowest BCUT2D eigenvalue weighted by atomic mass is 10.0. The number of rotatable bonds is 2. The van der Waals surface area contributed by atoms with Gasteiger partial charge in [-0.1, -0.05) is 0 Å². The molecular weight excluding hydrogens is 219 g/mol. The van der Waals surface area contributed by atoms with Gasteiger partial charge in [0.15, 0.2) is 0 Å². The van der Waals surface area contributed by atoms with Crippen molar-refractivity contribution in [2.45, 2.75) is 24.3 Å². The molecule has 1 aliphatic rings. The van der Waals surface area contributed by atoms with Crippen LogP contribution in [0.5, 0.6) is 5.75 Å². The van der Waals surface area contributed by atoms with E-state index >= 15 is 0 Å². The third kappa shape index (κ3) is 2.12. The van der Waals surface area contributed by atoms with Gasteiger partial charge in [0.25, 0.3) is 0 Å². The summed E-state index contributed by atoms with van der Waals surface area (Å²) in [5.41, 5.74) is 0.834. The third-order valence-electron chi connectivity index (χ3n) is 2.48. The molecule has 1 heterocycles. The Hall–Kier alpha value is -1.09. The lowest BCUT2D eigenvalue weighted by Crippen LogP contribution is -2.32. The Morgan fingerprint density at radius 2 is 2.40 bits per heavy atom. The Bertz CT molecular complexity index is 381. The molecule has 0 N–H and O–H groups in total. The summed E-state index contributed by atoms with van der Waals surface area (Å²) in [6.45, 7) is 0. The summed E-state index contributed by atoms with van der Waals surface area (Å²) in [6, 6.07) is 4.37. The van der Waals surface area contributed by atoms with Gasteiger partial charge in [-0.25, -0.2) is 4.39 Å². The molecular formula is C11H10ClFO2. The topological polar surface area (TPSA) is 26.3 Å². The Balaban J connectivity index is 2.20. The Morgan fingerprint density at radius 3 is 3.13 bits per heavy atom. The van der Waals surface area contributed by atoms with Crippen LogP contribution in [0.4, 0.5) is 4.39 Å². The molecule has 15 heavy (non-hydrogen) atoms. The Morgan fingerprint density at radius 1 is 1.60 bits per heavy atom. The van der Waals surface area contributed by atoms with Gasteiger partial charge in [-0.05, 0) is 36.6 Å². The number of hydrogen-bond donors (Lipinski definition) is 0. The monoisotopic (exact) mass is 228 g/mol. The minimum absolute atomic E-state index is 0.270. The lowest BCUT2D eigenvalue weighted by Gasteiger charge is -2.27. The van der Waals surface area contributed by atoms with Gasteiger partial charge in [-0.3, -0.25) is 0 Å². The van der Waals surface area contributed by atoms with E-state index in [1.54, 1.807) is 6.07 Å². The van der Waals surface area contributed by atoms with E-state index in [1.165, 1.54) is 12.1 Å². The molecule has 2 atom stereocenters. The highest BCUT2D eigenvalue weighted by molar-refractivity contribution is 6.28. The summed E-state index contributed by atoms with van der Waals surface area (Å²) in [4.78, 5) is 10.5. The zero-order valence-electron chi connectivity index (χ0n) is 7.95. The van der Waals surface area contributed by atoms with Crippen molar-refractivity contribution in [2.75, 3.05) is 0 Å². The van der Waals surface area contributed by atoms with Crippen LogP contribution in [-0.4, -0.2) is 17.8 Å². The van der Waals surface area contributed by atoms with Crippen molar-refractivity contribution in [3.63, 3.8) is 0 Å². The van der Waals surface area contributed by atoms with Crippen LogP contribution in [0.3, 0.4) is 0 Å². The van der Waals surface area contributed by atoms with E-state index in [9.17, 15) is 9.18 Å². The van der Waals surface area contributed by atoms with Crippen LogP contribution in [0.1, 0.15) is 12.0 Å². The molecule has 80 valence electrons. The molecule has 2 nitrogen and oxygen atoms in total. The number of aldehydes is 1. The van der Waals surface area contributed by atoms with Crippen LogP contribution in [-0.2, 0) is 11.2 Å². The van der Waals surface area contributed by atoms with E-state index in [-0.39, 0.29) is 11.9 Å². The molecule has 4 heteroatoms. The zero-order chi connectivity index (χ0) is 10.8. The zero-order valence-corrected chi connectivity index (χ0v) is 8.71. The van der Waals surface area contributed by atoms with Crippen LogP contribution >= 0.6 is 11.6 Å². The first kappa shape index (κ1) is 10.4. The first-order valence-corrected chi connectivity index (χ1v) is 5.19. The number of carbonyl (C=O) groups excluding carboxylic acids is 1. The van der Waals surface area contributed by atoms with E-state index in [2.05, 4.69) is 0 Å². The van der Waals surface area contributed by atoms with Gasteiger partial charge >= 0.3 is 0 Å². The molecule has 0 saturated heterocycles. The fourth-order valence-electron chi connectivity index (χ4n) is 1.69. The molecule has 1 unspecified atom stereocenters. The Kier molecular flexibility index (Phi) is 2.91.